The van der Waals surface area contributed by atoms with Gasteiger partial charge >= 0.3 is 0 Å². The number of hydrogen-bond acceptors (Lipinski definition) is 3. The van der Waals surface area contributed by atoms with Gasteiger partial charge < -0.3 is 5.32 Å². The first kappa shape index (κ1) is 19.9. The maximum Gasteiger partial charge on any atom is 0.264 e. The van der Waals surface area contributed by atoms with Crippen LogP contribution in [0.5, 0.6) is 0 Å². The van der Waals surface area contributed by atoms with Gasteiger partial charge in [0.05, 0.1) is 4.90 Å². The molecule has 7 heteroatoms. The molecule has 0 bridgehead atoms. The third-order valence-electron chi connectivity index (χ3n) is 3.89. The SMILES string of the molecule is O=S(=O)(NC(=NCCc1ccccc1)Nc1cccc(Cl)c1)c1ccccc1. The standard InChI is InChI=1S/C21H20ClN3O2S/c22-18-10-7-11-19(16-18)24-21(23-15-14-17-8-3-1-4-9-17)25-28(26,27)20-12-5-2-6-13-20/h1-13,16H,14-15H2,(H2,23,24,25). The van der Waals surface area contributed by atoms with Gasteiger partial charge in [-0.2, -0.15) is 0 Å². The molecule has 0 spiro atoms. The molecule has 0 radical (unpaired) electrons. The van der Waals surface area contributed by atoms with Crippen LogP contribution in [0.15, 0.2) is 94.8 Å². The number of sulfonamides is 1. The van der Waals surface area contributed by atoms with Gasteiger partial charge in [-0.05, 0) is 42.3 Å². The summed E-state index contributed by atoms with van der Waals surface area (Å²) < 4.78 is 27.9. The van der Waals surface area contributed by atoms with Gasteiger partial charge in [0, 0.05) is 17.3 Å². The monoisotopic (exact) mass is 413 g/mol. The highest BCUT2D eigenvalue weighted by atomic mass is 35.5. The molecule has 0 fully saturated rings. The van der Waals surface area contributed by atoms with Crippen molar-refractivity contribution in [3.8, 4) is 0 Å². The lowest BCUT2D eigenvalue weighted by Gasteiger charge is -2.13. The first-order valence-electron chi connectivity index (χ1n) is 8.72. The van der Waals surface area contributed by atoms with Crippen LogP contribution < -0.4 is 10.0 Å². The number of hydrogen-bond donors (Lipinski definition) is 2. The Morgan fingerprint density at radius 1 is 0.893 bits per heavy atom. The predicted molar refractivity (Wildman–Crippen MR) is 114 cm³/mol. The van der Waals surface area contributed by atoms with Crippen molar-refractivity contribution in [2.75, 3.05) is 11.9 Å². The van der Waals surface area contributed by atoms with E-state index in [1.165, 1.54) is 12.1 Å². The molecule has 0 saturated carbocycles. The van der Waals surface area contributed by atoms with Crippen molar-refractivity contribution in [3.05, 3.63) is 95.5 Å². The van der Waals surface area contributed by atoms with E-state index in [2.05, 4.69) is 15.0 Å². The van der Waals surface area contributed by atoms with Gasteiger partial charge in [0.25, 0.3) is 10.0 Å². The summed E-state index contributed by atoms with van der Waals surface area (Å²) in [7, 11) is -3.76. The molecule has 3 aromatic carbocycles. The molecule has 0 saturated heterocycles. The number of halogens is 1. The van der Waals surface area contributed by atoms with Crippen LogP contribution in [-0.2, 0) is 16.4 Å². The first-order valence-corrected chi connectivity index (χ1v) is 10.6. The average Bonchev–Trinajstić information content (AvgIpc) is 2.69. The summed E-state index contributed by atoms with van der Waals surface area (Å²) in [4.78, 5) is 4.59. The number of rotatable bonds is 6. The number of benzene rings is 3. The van der Waals surface area contributed by atoms with Crippen molar-refractivity contribution in [3.63, 3.8) is 0 Å². The molecular formula is C21H20ClN3O2S. The Morgan fingerprint density at radius 3 is 2.25 bits per heavy atom. The highest BCUT2D eigenvalue weighted by molar-refractivity contribution is 7.90. The van der Waals surface area contributed by atoms with E-state index in [9.17, 15) is 8.42 Å². The second-order valence-corrected chi connectivity index (χ2v) is 8.14. The third-order valence-corrected chi connectivity index (χ3v) is 5.48. The zero-order valence-electron chi connectivity index (χ0n) is 15.0. The number of nitrogens with zero attached hydrogens (tertiary/aromatic N) is 1. The van der Waals surface area contributed by atoms with Gasteiger partial charge in [0.2, 0.25) is 5.96 Å². The number of nitrogens with one attached hydrogen (secondary N) is 2. The van der Waals surface area contributed by atoms with Crippen LogP contribution in [0.1, 0.15) is 5.56 Å². The lowest BCUT2D eigenvalue weighted by atomic mass is 10.2. The van der Waals surface area contributed by atoms with Gasteiger partial charge in [-0.3, -0.25) is 4.99 Å². The van der Waals surface area contributed by atoms with Crippen molar-refractivity contribution in [2.24, 2.45) is 4.99 Å². The van der Waals surface area contributed by atoms with E-state index in [0.29, 0.717) is 23.7 Å². The fourth-order valence-electron chi connectivity index (χ4n) is 2.53. The van der Waals surface area contributed by atoms with Gasteiger partial charge in [-0.15, -0.1) is 0 Å². The van der Waals surface area contributed by atoms with Crippen LogP contribution >= 0.6 is 11.6 Å². The van der Waals surface area contributed by atoms with Crippen molar-refractivity contribution < 1.29 is 8.42 Å². The minimum absolute atomic E-state index is 0.141. The maximum atomic E-state index is 12.7. The van der Waals surface area contributed by atoms with Gasteiger partial charge in [0.15, 0.2) is 0 Å². The summed E-state index contributed by atoms with van der Waals surface area (Å²) in [6.07, 6.45) is 0.689. The number of aliphatic imine (C=N–C) groups is 1. The zero-order valence-corrected chi connectivity index (χ0v) is 16.6. The molecule has 2 N–H and O–H groups in total. The summed E-state index contributed by atoms with van der Waals surface area (Å²) in [5, 5.41) is 3.55. The lowest BCUT2D eigenvalue weighted by molar-refractivity contribution is 0.592. The highest BCUT2D eigenvalue weighted by Gasteiger charge is 2.16. The second kappa shape index (κ2) is 9.39. The predicted octanol–water partition coefficient (Wildman–Crippen LogP) is 4.33. The Bertz CT molecular complexity index is 1040. The van der Waals surface area contributed by atoms with E-state index < -0.39 is 10.0 Å². The largest absolute Gasteiger partial charge is 0.325 e. The normalized spacial score (nSPS) is 11.8. The molecule has 0 aliphatic rings. The highest BCUT2D eigenvalue weighted by Crippen LogP contribution is 2.15. The first-order chi connectivity index (χ1) is 13.5. The van der Waals surface area contributed by atoms with E-state index in [1.54, 1.807) is 42.5 Å². The molecule has 0 aromatic heterocycles. The fourth-order valence-corrected chi connectivity index (χ4v) is 3.72. The Kier molecular flexibility index (Phi) is 6.68. The molecule has 0 atom stereocenters. The van der Waals surface area contributed by atoms with Crippen molar-refractivity contribution in [1.29, 1.82) is 0 Å². The molecule has 0 aliphatic heterocycles. The lowest BCUT2D eigenvalue weighted by Crippen LogP contribution is -2.36. The Morgan fingerprint density at radius 2 is 1.57 bits per heavy atom. The second-order valence-electron chi connectivity index (χ2n) is 6.02. The maximum absolute atomic E-state index is 12.7. The average molecular weight is 414 g/mol. The minimum atomic E-state index is -3.76. The van der Waals surface area contributed by atoms with E-state index in [1.807, 2.05) is 30.3 Å². The van der Waals surface area contributed by atoms with E-state index in [0.717, 1.165) is 5.56 Å². The summed E-state index contributed by atoms with van der Waals surface area (Å²) in [6.45, 7) is 0.421. The number of anilines is 1. The molecule has 144 valence electrons. The molecule has 0 aliphatic carbocycles. The Hall–Kier alpha value is -2.83. The van der Waals surface area contributed by atoms with Crippen LogP contribution in [0.3, 0.4) is 0 Å². The minimum Gasteiger partial charge on any atom is -0.325 e. The fraction of sp³-hybridized carbons (Fsp3) is 0.0952. The van der Waals surface area contributed by atoms with Crippen molar-refractivity contribution in [2.45, 2.75) is 11.3 Å². The third kappa shape index (κ3) is 5.84. The molecule has 28 heavy (non-hydrogen) atoms. The molecule has 0 unspecified atom stereocenters. The van der Waals surface area contributed by atoms with Crippen molar-refractivity contribution >= 4 is 33.3 Å². The van der Waals surface area contributed by atoms with E-state index >= 15 is 0 Å². The summed E-state index contributed by atoms with van der Waals surface area (Å²) in [5.41, 5.74) is 1.76. The molecule has 3 aromatic rings. The molecule has 0 amide bonds. The van der Waals surface area contributed by atoms with Crippen LogP contribution in [0, 0.1) is 0 Å². The quantitative estimate of drug-likeness (QED) is 0.466. The molecular weight excluding hydrogens is 394 g/mol. The van der Waals surface area contributed by atoms with Crippen LogP contribution in [-0.4, -0.2) is 20.9 Å². The Balaban J connectivity index is 1.80. The van der Waals surface area contributed by atoms with Gasteiger partial charge in [-0.1, -0.05) is 66.2 Å². The molecule has 3 rings (SSSR count). The zero-order chi connectivity index (χ0) is 19.8. The van der Waals surface area contributed by atoms with Crippen LogP contribution in [0.25, 0.3) is 0 Å². The topological polar surface area (TPSA) is 70.6 Å². The van der Waals surface area contributed by atoms with Crippen LogP contribution in [0.2, 0.25) is 5.02 Å². The molecule has 5 nitrogen and oxygen atoms in total. The smallest absolute Gasteiger partial charge is 0.264 e. The summed E-state index contributed by atoms with van der Waals surface area (Å²) in [5.74, 6) is 0.141. The van der Waals surface area contributed by atoms with Crippen LogP contribution in [0.4, 0.5) is 5.69 Å². The van der Waals surface area contributed by atoms with Crippen molar-refractivity contribution in [1.82, 2.24) is 4.72 Å². The summed E-state index contributed by atoms with van der Waals surface area (Å²) >= 11 is 6.02. The number of guanidine groups is 1. The molecule has 0 heterocycles. The van der Waals surface area contributed by atoms with Gasteiger partial charge in [-0.25, -0.2) is 13.1 Å². The van der Waals surface area contributed by atoms with Gasteiger partial charge in [0.1, 0.15) is 0 Å². The van der Waals surface area contributed by atoms with E-state index in [-0.39, 0.29) is 10.9 Å². The Labute approximate surface area is 170 Å². The summed E-state index contributed by atoms with van der Waals surface area (Å²) in [6, 6.07) is 25.1. The van der Waals surface area contributed by atoms with E-state index in [4.69, 9.17) is 11.6 Å².